The Labute approximate surface area is 129 Å². The van der Waals surface area contributed by atoms with E-state index in [4.69, 9.17) is 17.7 Å². The number of ether oxygens (including phenoxy) is 1. The third kappa shape index (κ3) is 5.62. The summed E-state index contributed by atoms with van der Waals surface area (Å²) in [6.45, 7) is 0. The minimum Gasteiger partial charge on any atom is -0.481 e. The quantitative estimate of drug-likeness (QED) is 0.594. The van der Waals surface area contributed by atoms with Gasteiger partial charge in [-0.05, 0) is 5.56 Å². The molecule has 2 atom stereocenters. The van der Waals surface area contributed by atoms with Gasteiger partial charge in [0.25, 0.3) is 0 Å². The number of hydrogen-bond donors (Lipinski definition) is 3. The topological polar surface area (TPSA) is 119 Å². The van der Waals surface area contributed by atoms with Crippen LogP contribution in [0.1, 0.15) is 18.8 Å². The molecule has 114 valence electrons. The lowest BCUT2D eigenvalue weighted by Gasteiger charge is -2.18. The average Bonchev–Trinajstić information content (AvgIpc) is 2.59. The van der Waals surface area contributed by atoms with Gasteiger partial charge >= 0.3 is 11.9 Å². The lowest BCUT2D eigenvalue weighted by atomic mass is 10.1. The molecule has 4 N–H and O–H groups in total. The van der Waals surface area contributed by atoms with Crippen molar-refractivity contribution >= 4 is 17.8 Å². The van der Waals surface area contributed by atoms with Crippen LogP contribution in [0.3, 0.4) is 0 Å². The van der Waals surface area contributed by atoms with E-state index in [0.717, 1.165) is 7.11 Å². The van der Waals surface area contributed by atoms with E-state index in [2.05, 4.69) is 10.1 Å². The lowest BCUT2D eigenvalue weighted by molar-refractivity contribution is -0.145. The number of carboxylic acid groups (broad SMARTS) is 1. The molecular weight excluding hydrogens is 276 g/mol. The number of carbonyl (C=O) groups excluding carboxylic acids is 2. The number of carbonyl (C=O) groups is 3. The molecule has 1 aromatic rings. The van der Waals surface area contributed by atoms with Crippen molar-refractivity contribution in [2.45, 2.75) is 24.9 Å². The second-order valence-corrected chi connectivity index (χ2v) is 4.10. The van der Waals surface area contributed by atoms with Gasteiger partial charge in [-0.15, -0.1) is 0 Å². The smallest absolute Gasteiger partial charge is 0.328 e. The molecule has 0 spiro atoms. The molecule has 7 heteroatoms. The molecule has 1 amide bonds. The maximum atomic E-state index is 12.0. The average molecular weight is 299 g/mol. The van der Waals surface area contributed by atoms with Gasteiger partial charge in [0.15, 0.2) is 0 Å². The fraction of sp³-hybridized carbons (Fsp3) is 0.357. The molecule has 0 bridgehead atoms. The number of hydrogen-bond acceptors (Lipinski definition) is 5. The zero-order chi connectivity index (χ0) is 20.2. The highest BCUT2D eigenvalue weighted by Crippen LogP contribution is 2.05. The maximum Gasteiger partial charge on any atom is 0.328 e. The summed E-state index contributed by atoms with van der Waals surface area (Å²) >= 11 is 0. The molecule has 1 rings (SSSR count). The lowest BCUT2D eigenvalue weighted by Crippen LogP contribution is -2.50. The van der Waals surface area contributed by atoms with Gasteiger partial charge in [0, 0.05) is 6.42 Å². The monoisotopic (exact) mass is 299 g/mol. The number of carboxylic acids is 1. The van der Waals surface area contributed by atoms with Crippen LogP contribution in [0.4, 0.5) is 0 Å². The molecule has 0 heterocycles. The number of aliphatic carboxylic acids is 1. The predicted octanol–water partition coefficient (Wildman–Crippen LogP) is -0.311. The van der Waals surface area contributed by atoms with Gasteiger partial charge in [0.2, 0.25) is 5.91 Å². The van der Waals surface area contributed by atoms with Crippen LogP contribution in [0.2, 0.25) is 0 Å². The van der Waals surface area contributed by atoms with Gasteiger partial charge in [-0.2, -0.15) is 0 Å². The molecule has 0 aliphatic rings. The van der Waals surface area contributed by atoms with Gasteiger partial charge in [0.1, 0.15) is 6.04 Å². The third-order valence-electron chi connectivity index (χ3n) is 2.49. The zero-order valence-electron chi connectivity index (χ0n) is 16.2. The summed E-state index contributed by atoms with van der Waals surface area (Å²) in [6.07, 6.45) is -1.12. The summed E-state index contributed by atoms with van der Waals surface area (Å²) in [5, 5.41) is 10.8. The second kappa shape index (κ2) is 8.01. The van der Waals surface area contributed by atoms with Gasteiger partial charge in [-0.3, -0.25) is 9.59 Å². The molecule has 0 fully saturated rings. The Hall–Kier alpha value is -2.41. The molecule has 0 saturated heterocycles. The fourth-order valence-corrected chi connectivity index (χ4v) is 1.48. The van der Waals surface area contributed by atoms with E-state index in [1.165, 1.54) is 0 Å². The van der Waals surface area contributed by atoms with Crippen LogP contribution in [0.25, 0.3) is 0 Å². The Bertz CT molecular complexity index is 714. The van der Waals surface area contributed by atoms with Crippen molar-refractivity contribution in [1.29, 1.82) is 0 Å². The molecule has 1 aromatic carbocycles. The number of nitrogens with two attached hydrogens (primary N) is 1. The van der Waals surface area contributed by atoms with Gasteiger partial charge < -0.3 is 20.9 Å². The van der Waals surface area contributed by atoms with Crippen molar-refractivity contribution in [2.75, 3.05) is 7.11 Å². The fourth-order valence-electron chi connectivity index (χ4n) is 1.48. The molecular formula is C14H18N2O5. The summed E-state index contributed by atoms with van der Waals surface area (Å²) in [5.74, 6) is -3.20. The van der Waals surface area contributed by atoms with Crippen LogP contribution >= 0.6 is 0 Å². The van der Waals surface area contributed by atoms with E-state index in [-0.39, 0.29) is 5.56 Å². The number of rotatable bonds is 7. The van der Waals surface area contributed by atoms with Gasteiger partial charge in [-0.1, -0.05) is 30.2 Å². The molecule has 0 aliphatic heterocycles. The molecule has 7 nitrogen and oxygen atoms in total. The van der Waals surface area contributed by atoms with Crippen LogP contribution in [0.5, 0.6) is 0 Å². The van der Waals surface area contributed by atoms with E-state index >= 15 is 0 Å². The number of methoxy groups -OCH3 is 1. The van der Waals surface area contributed by atoms with Crippen LogP contribution in [-0.4, -0.2) is 42.1 Å². The first-order chi connectivity index (χ1) is 12.0. The number of nitrogens with one attached hydrogen (secondary N) is 1. The van der Waals surface area contributed by atoms with E-state index in [1.54, 1.807) is 0 Å². The first-order valence-corrected chi connectivity index (χ1v) is 5.92. The second-order valence-electron chi connectivity index (χ2n) is 4.10. The summed E-state index contributed by atoms with van der Waals surface area (Å²) in [5.41, 5.74) is 5.23. The minimum absolute atomic E-state index is 0.196. The van der Waals surface area contributed by atoms with Crippen LogP contribution in [0.15, 0.2) is 30.2 Å². The van der Waals surface area contributed by atoms with E-state index in [9.17, 15) is 14.4 Å². The molecule has 0 unspecified atom stereocenters. The van der Waals surface area contributed by atoms with Crippen LogP contribution in [0, 0.1) is 0 Å². The highest BCUT2D eigenvalue weighted by molar-refractivity contribution is 5.89. The third-order valence-corrected chi connectivity index (χ3v) is 2.49. The van der Waals surface area contributed by atoms with Crippen molar-refractivity contribution in [3.8, 4) is 0 Å². The summed E-state index contributed by atoms with van der Waals surface area (Å²) < 4.78 is 43.0. The first-order valence-electron chi connectivity index (χ1n) is 8.42. The zero-order valence-corrected chi connectivity index (χ0v) is 11.2. The number of amides is 1. The Morgan fingerprint density at radius 3 is 2.52 bits per heavy atom. The van der Waals surface area contributed by atoms with Gasteiger partial charge in [0.05, 0.1) is 26.4 Å². The Balaban J connectivity index is 3.16. The van der Waals surface area contributed by atoms with Crippen LogP contribution in [-0.2, 0) is 25.5 Å². The van der Waals surface area contributed by atoms with Gasteiger partial charge in [-0.25, -0.2) is 4.79 Å². The molecule has 0 saturated carbocycles. The molecule has 0 aliphatic carbocycles. The standard InChI is InChI=1S/C14H18N2O5/c1-21-14(20)11(7-9-5-3-2-4-6-9)16-13(19)10(15)8-12(17)18/h2-6,10-11H,7-8,15H2,1H3,(H,16,19)(H,17,18)/t10-,11-/m0/s1/i2D,3D,4D,5D,6D. The Kier molecular flexibility index (Phi) is 3.94. The van der Waals surface area contributed by atoms with E-state index in [1.807, 2.05) is 0 Å². The Morgan fingerprint density at radius 2 is 2.00 bits per heavy atom. The number of esters is 1. The van der Waals surface area contributed by atoms with Crippen molar-refractivity contribution < 1.29 is 31.1 Å². The highest BCUT2D eigenvalue weighted by Gasteiger charge is 2.25. The largest absolute Gasteiger partial charge is 0.481 e. The highest BCUT2D eigenvalue weighted by atomic mass is 16.5. The normalized spacial score (nSPS) is 16.4. The van der Waals surface area contributed by atoms with Crippen LogP contribution < -0.4 is 11.1 Å². The summed E-state index contributed by atoms with van der Waals surface area (Å²) in [7, 11) is 1.04. The number of benzene rings is 1. The Morgan fingerprint density at radius 1 is 1.38 bits per heavy atom. The minimum atomic E-state index is -1.43. The SMILES string of the molecule is [2H]c1c([2H])c([2H])c(C[C@H](NC(=O)[C@@H](N)CC(=O)O)C(=O)OC)c([2H])c1[2H]. The summed E-state index contributed by atoms with van der Waals surface area (Å²) in [4.78, 5) is 34.5. The van der Waals surface area contributed by atoms with Crippen molar-refractivity contribution in [3.63, 3.8) is 0 Å². The first kappa shape index (κ1) is 10.3. The van der Waals surface area contributed by atoms with E-state index < -0.39 is 73.0 Å². The molecule has 0 radical (unpaired) electrons. The predicted molar refractivity (Wildman–Crippen MR) is 74.3 cm³/mol. The van der Waals surface area contributed by atoms with Crippen molar-refractivity contribution in [2.24, 2.45) is 5.73 Å². The van der Waals surface area contributed by atoms with E-state index in [0.29, 0.717) is 0 Å². The molecule has 21 heavy (non-hydrogen) atoms. The summed E-state index contributed by atoms with van der Waals surface area (Å²) in [6, 6.07) is -5.64. The van der Waals surface area contributed by atoms with Crippen molar-refractivity contribution in [1.82, 2.24) is 5.32 Å². The maximum absolute atomic E-state index is 12.0. The molecule has 0 aromatic heterocycles. The van der Waals surface area contributed by atoms with Crippen molar-refractivity contribution in [3.05, 3.63) is 35.8 Å².